The second-order valence-electron chi connectivity index (χ2n) is 6.58. The number of amides is 2. The lowest BCUT2D eigenvalue weighted by atomic mass is 10.1. The number of nitrogens with one attached hydrogen (secondary N) is 2. The molecule has 0 aliphatic heterocycles. The van der Waals surface area contributed by atoms with Crippen LogP contribution in [0.2, 0.25) is 15.1 Å². The lowest BCUT2D eigenvalue weighted by Gasteiger charge is -2.10. The number of anilines is 2. The average molecular weight is 490 g/mol. The Morgan fingerprint density at radius 3 is 2.34 bits per heavy atom. The van der Waals surface area contributed by atoms with Crippen LogP contribution in [-0.2, 0) is 0 Å². The maximum absolute atomic E-state index is 12.6. The van der Waals surface area contributed by atoms with Gasteiger partial charge in [0, 0.05) is 16.7 Å². The molecule has 0 saturated carbocycles. The fourth-order valence-electron chi connectivity index (χ4n) is 2.83. The lowest BCUT2D eigenvalue weighted by molar-refractivity contribution is 0.262. The van der Waals surface area contributed by atoms with E-state index in [9.17, 15) is 4.79 Å². The molecule has 0 saturated heterocycles. The van der Waals surface area contributed by atoms with Crippen molar-refractivity contribution in [3.8, 4) is 22.9 Å². The number of benzene rings is 2. The zero-order valence-corrected chi connectivity index (χ0v) is 18.8. The summed E-state index contributed by atoms with van der Waals surface area (Å²) in [5.74, 6) is 1.36. The molecule has 0 aliphatic rings. The predicted octanol–water partition coefficient (Wildman–Crippen LogP) is 7.44. The first-order valence-electron chi connectivity index (χ1n) is 9.29. The van der Waals surface area contributed by atoms with Gasteiger partial charge in [-0.3, -0.25) is 0 Å². The molecule has 2 aromatic heterocycles. The van der Waals surface area contributed by atoms with Gasteiger partial charge in [0.1, 0.15) is 17.1 Å². The molecule has 2 N–H and O–H groups in total. The molecule has 7 nitrogen and oxygen atoms in total. The third kappa shape index (κ3) is 4.96. The van der Waals surface area contributed by atoms with Crippen LogP contribution < -0.4 is 15.4 Å². The van der Waals surface area contributed by atoms with Crippen LogP contribution in [-0.4, -0.2) is 16.2 Å². The van der Waals surface area contributed by atoms with E-state index < -0.39 is 6.03 Å². The summed E-state index contributed by atoms with van der Waals surface area (Å²) in [7, 11) is 0. The van der Waals surface area contributed by atoms with Crippen molar-refractivity contribution in [3.63, 3.8) is 0 Å². The van der Waals surface area contributed by atoms with Crippen molar-refractivity contribution in [3.05, 3.63) is 81.6 Å². The second kappa shape index (κ2) is 9.48. The van der Waals surface area contributed by atoms with Gasteiger partial charge in [-0.15, -0.1) is 0 Å². The number of pyridine rings is 1. The van der Waals surface area contributed by atoms with E-state index in [0.717, 1.165) is 0 Å². The summed E-state index contributed by atoms with van der Waals surface area (Å²) in [5, 5.41) is 10.8. The van der Waals surface area contributed by atoms with Gasteiger partial charge in [-0.2, -0.15) is 0 Å². The molecule has 0 fully saturated rings. The number of aromatic nitrogens is 2. The van der Waals surface area contributed by atoms with Crippen molar-refractivity contribution in [2.24, 2.45) is 0 Å². The molecule has 4 aromatic rings. The maximum Gasteiger partial charge on any atom is 0.323 e. The minimum Gasteiger partial charge on any atom is -0.439 e. The van der Waals surface area contributed by atoms with Gasteiger partial charge in [0.05, 0.1) is 21.9 Å². The van der Waals surface area contributed by atoms with Crippen LogP contribution in [0.3, 0.4) is 0 Å². The summed E-state index contributed by atoms with van der Waals surface area (Å²) in [6.45, 7) is 1.67. The molecule has 32 heavy (non-hydrogen) atoms. The Hall–Kier alpha value is -3.26. The maximum atomic E-state index is 12.6. The third-order valence-electron chi connectivity index (χ3n) is 4.33. The summed E-state index contributed by atoms with van der Waals surface area (Å²) in [6, 6.07) is 14.7. The number of hydrogen-bond acceptors (Lipinski definition) is 5. The van der Waals surface area contributed by atoms with E-state index in [1.54, 1.807) is 61.5 Å². The quantitative estimate of drug-likeness (QED) is 0.304. The molecule has 0 unspecified atom stereocenters. The van der Waals surface area contributed by atoms with E-state index in [2.05, 4.69) is 20.8 Å². The van der Waals surface area contributed by atoms with Gasteiger partial charge in [0.2, 0.25) is 5.88 Å². The standard InChI is InChI=1S/C22H15Cl3N4O3/c1-12-20(21(29-32-12)19-16(24)3-2-4-17(19)25)28-22(30)27-14-7-10-18(26-11-14)31-15-8-5-13(23)6-9-15/h2-11H,1H3,(H2,27,28,30). The largest absolute Gasteiger partial charge is 0.439 e. The van der Waals surface area contributed by atoms with E-state index in [0.29, 0.717) is 55.1 Å². The fraction of sp³-hybridized carbons (Fsp3) is 0.0455. The molecule has 0 bridgehead atoms. The number of urea groups is 1. The molecule has 10 heteroatoms. The summed E-state index contributed by atoms with van der Waals surface area (Å²) < 4.78 is 10.9. The van der Waals surface area contributed by atoms with Gasteiger partial charge in [0.25, 0.3) is 0 Å². The van der Waals surface area contributed by atoms with Crippen LogP contribution in [0.15, 0.2) is 65.3 Å². The second-order valence-corrected chi connectivity index (χ2v) is 7.83. The van der Waals surface area contributed by atoms with E-state index in [1.165, 1.54) is 6.20 Å². The summed E-state index contributed by atoms with van der Waals surface area (Å²) in [5.41, 5.74) is 1.61. The van der Waals surface area contributed by atoms with Crippen molar-refractivity contribution in [1.82, 2.24) is 10.1 Å². The molecule has 2 amide bonds. The monoisotopic (exact) mass is 488 g/mol. The van der Waals surface area contributed by atoms with E-state index in [1.807, 2.05) is 0 Å². The number of nitrogens with zero attached hydrogens (tertiary/aromatic N) is 2. The van der Waals surface area contributed by atoms with Crippen LogP contribution in [0, 0.1) is 6.92 Å². The summed E-state index contributed by atoms with van der Waals surface area (Å²) >= 11 is 18.4. The molecule has 0 atom stereocenters. The van der Waals surface area contributed by atoms with Gasteiger partial charge < -0.3 is 19.9 Å². The van der Waals surface area contributed by atoms with Gasteiger partial charge in [-0.25, -0.2) is 9.78 Å². The minimum absolute atomic E-state index is 0.332. The van der Waals surface area contributed by atoms with Crippen molar-refractivity contribution in [2.75, 3.05) is 10.6 Å². The van der Waals surface area contributed by atoms with Gasteiger partial charge in [-0.05, 0) is 49.4 Å². The predicted molar refractivity (Wildman–Crippen MR) is 125 cm³/mol. The molecule has 0 radical (unpaired) electrons. The van der Waals surface area contributed by atoms with E-state index in [-0.39, 0.29) is 0 Å². The Balaban J connectivity index is 1.45. The number of ether oxygens (including phenoxy) is 1. The van der Waals surface area contributed by atoms with Crippen molar-refractivity contribution in [1.29, 1.82) is 0 Å². The van der Waals surface area contributed by atoms with Crippen LogP contribution in [0.25, 0.3) is 11.3 Å². The first-order chi connectivity index (χ1) is 15.4. The highest BCUT2D eigenvalue weighted by Gasteiger charge is 2.21. The van der Waals surface area contributed by atoms with Gasteiger partial charge in [0.15, 0.2) is 5.76 Å². The molecular weight excluding hydrogens is 475 g/mol. The van der Waals surface area contributed by atoms with Crippen molar-refractivity contribution in [2.45, 2.75) is 6.92 Å². The number of carbonyl (C=O) groups excluding carboxylic acids is 1. The highest BCUT2D eigenvalue weighted by Crippen LogP contribution is 2.39. The van der Waals surface area contributed by atoms with Gasteiger partial charge >= 0.3 is 6.03 Å². The lowest BCUT2D eigenvalue weighted by Crippen LogP contribution is -2.20. The van der Waals surface area contributed by atoms with Crippen LogP contribution in [0.1, 0.15) is 5.76 Å². The number of carbonyl (C=O) groups is 1. The van der Waals surface area contributed by atoms with Crippen molar-refractivity contribution < 1.29 is 14.1 Å². The first kappa shape index (κ1) is 22.0. The number of rotatable bonds is 5. The Labute approximate surface area is 198 Å². The molecule has 162 valence electrons. The SMILES string of the molecule is Cc1onc(-c2c(Cl)cccc2Cl)c1NC(=O)Nc1ccc(Oc2ccc(Cl)cc2)nc1. The highest BCUT2D eigenvalue weighted by molar-refractivity contribution is 6.39. The molecule has 0 spiro atoms. The number of halogens is 3. The third-order valence-corrected chi connectivity index (χ3v) is 5.21. The Bertz CT molecular complexity index is 1240. The first-order valence-corrected chi connectivity index (χ1v) is 10.4. The number of aryl methyl sites for hydroxylation is 1. The van der Waals surface area contributed by atoms with Gasteiger partial charge in [-0.1, -0.05) is 46.0 Å². The Morgan fingerprint density at radius 2 is 1.69 bits per heavy atom. The number of hydrogen-bond donors (Lipinski definition) is 2. The average Bonchev–Trinajstić information content (AvgIpc) is 3.11. The van der Waals surface area contributed by atoms with Crippen LogP contribution in [0.5, 0.6) is 11.6 Å². The minimum atomic E-state index is -0.520. The Kier molecular flexibility index (Phi) is 6.50. The highest BCUT2D eigenvalue weighted by atomic mass is 35.5. The fourth-order valence-corrected chi connectivity index (χ4v) is 3.53. The molecular formula is C22H15Cl3N4O3. The van der Waals surface area contributed by atoms with Crippen LogP contribution in [0.4, 0.5) is 16.2 Å². The normalized spacial score (nSPS) is 10.6. The molecule has 2 aromatic carbocycles. The smallest absolute Gasteiger partial charge is 0.323 e. The van der Waals surface area contributed by atoms with E-state index in [4.69, 9.17) is 44.1 Å². The zero-order valence-electron chi connectivity index (χ0n) is 16.5. The summed E-state index contributed by atoms with van der Waals surface area (Å²) in [4.78, 5) is 16.8. The Morgan fingerprint density at radius 1 is 0.969 bits per heavy atom. The zero-order chi connectivity index (χ0) is 22.7. The summed E-state index contributed by atoms with van der Waals surface area (Å²) in [6.07, 6.45) is 1.47. The van der Waals surface area contributed by atoms with Crippen molar-refractivity contribution >= 4 is 52.2 Å². The molecule has 4 rings (SSSR count). The topological polar surface area (TPSA) is 89.3 Å². The van der Waals surface area contributed by atoms with E-state index >= 15 is 0 Å². The molecule has 2 heterocycles. The van der Waals surface area contributed by atoms with Crippen LogP contribution >= 0.6 is 34.8 Å². The molecule has 0 aliphatic carbocycles.